The molecule has 0 aromatic carbocycles. The van der Waals surface area contributed by atoms with E-state index >= 15 is 0 Å². The molecule has 0 N–H and O–H groups in total. The Bertz CT molecular complexity index is 471. The highest BCUT2D eigenvalue weighted by atomic mass is 16.5. The Morgan fingerprint density at radius 1 is 1.35 bits per heavy atom. The summed E-state index contributed by atoms with van der Waals surface area (Å²) >= 11 is 0. The van der Waals surface area contributed by atoms with E-state index < -0.39 is 5.97 Å². The van der Waals surface area contributed by atoms with E-state index in [4.69, 9.17) is 14.2 Å². The predicted octanol–water partition coefficient (Wildman–Crippen LogP) is 3.05. The van der Waals surface area contributed by atoms with Gasteiger partial charge in [0.1, 0.15) is 11.3 Å². The normalized spacial score (nSPS) is 9.95. The zero-order chi connectivity index (χ0) is 15.0. The van der Waals surface area contributed by atoms with Gasteiger partial charge in [-0.3, -0.25) is 0 Å². The number of methoxy groups -OCH3 is 1. The molecule has 0 unspecified atom stereocenters. The molecule has 0 atom stereocenters. The topological polar surface area (TPSA) is 57.7 Å². The first-order valence-corrected chi connectivity index (χ1v) is 6.67. The van der Waals surface area contributed by atoms with Gasteiger partial charge in [-0.05, 0) is 19.4 Å². The molecule has 20 heavy (non-hydrogen) atoms. The number of hydrogen-bond donors (Lipinski definition) is 0. The van der Waals surface area contributed by atoms with Crippen molar-refractivity contribution in [3.05, 3.63) is 30.0 Å². The van der Waals surface area contributed by atoms with Crippen LogP contribution in [0.2, 0.25) is 0 Å². The van der Waals surface area contributed by atoms with Crippen LogP contribution in [0.5, 0.6) is 5.88 Å². The summed E-state index contributed by atoms with van der Waals surface area (Å²) in [5.41, 5.74) is 0.914. The third kappa shape index (κ3) is 4.26. The average molecular weight is 279 g/mol. The van der Waals surface area contributed by atoms with Crippen LogP contribution in [0.15, 0.2) is 18.8 Å². The number of nitrogens with zero attached hydrogens (tertiary/aromatic N) is 1. The number of aromatic nitrogens is 1. The molecule has 0 fully saturated rings. The van der Waals surface area contributed by atoms with Crippen molar-refractivity contribution < 1.29 is 19.0 Å². The highest BCUT2D eigenvalue weighted by Gasteiger charge is 2.16. The number of ether oxygens (including phenoxy) is 3. The second-order valence-corrected chi connectivity index (χ2v) is 4.13. The third-order valence-electron chi connectivity index (χ3n) is 2.64. The van der Waals surface area contributed by atoms with Gasteiger partial charge in [0.25, 0.3) is 0 Å². The first kappa shape index (κ1) is 16.0. The van der Waals surface area contributed by atoms with Crippen molar-refractivity contribution in [2.75, 3.05) is 20.3 Å². The van der Waals surface area contributed by atoms with E-state index in [1.54, 1.807) is 19.2 Å². The van der Waals surface area contributed by atoms with Crippen LogP contribution in [0.1, 0.15) is 42.6 Å². The second kappa shape index (κ2) is 8.19. The van der Waals surface area contributed by atoms with Crippen LogP contribution in [0.4, 0.5) is 0 Å². The Kier molecular flexibility index (Phi) is 6.56. The van der Waals surface area contributed by atoms with Crippen molar-refractivity contribution >= 4 is 11.7 Å². The average Bonchev–Trinajstić information content (AvgIpc) is 2.47. The van der Waals surface area contributed by atoms with Gasteiger partial charge in [-0.1, -0.05) is 19.9 Å². The molecular formula is C15H21NO4. The lowest BCUT2D eigenvalue weighted by atomic mass is 10.1. The van der Waals surface area contributed by atoms with Gasteiger partial charge in [-0.25, -0.2) is 9.78 Å². The number of unbranched alkanes of at least 4 members (excludes halogenated alkanes) is 1. The van der Waals surface area contributed by atoms with Crippen molar-refractivity contribution in [2.24, 2.45) is 0 Å². The number of esters is 1. The second-order valence-electron chi connectivity index (χ2n) is 4.13. The minimum absolute atomic E-state index is 0.230. The quantitative estimate of drug-likeness (QED) is 0.416. The Morgan fingerprint density at radius 3 is 2.70 bits per heavy atom. The van der Waals surface area contributed by atoms with Crippen molar-refractivity contribution in [3.63, 3.8) is 0 Å². The van der Waals surface area contributed by atoms with Gasteiger partial charge in [0, 0.05) is 11.8 Å². The fraction of sp³-hybridized carbons (Fsp3) is 0.467. The lowest BCUT2D eigenvalue weighted by Gasteiger charge is -2.11. The summed E-state index contributed by atoms with van der Waals surface area (Å²) in [5.74, 6) is 0.243. The highest BCUT2D eigenvalue weighted by molar-refractivity contribution is 5.92. The summed E-state index contributed by atoms with van der Waals surface area (Å²) in [6.07, 6.45) is 3.56. The van der Waals surface area contributed by atoms with Crippen LogP contribution in [0.25, 0.3) is 5.76 Å². The smallest absolute Gasteiger partial charge is 0.343 e. The molecule has 0 saturated carbocycles. The fourth-order valence-corrected chi connectivity index (χ4v) is 1.55. The largest absolute Gasteiger partial charge is 0.494 e. The van der Waals surface area contributed by atoms with Crippen molar-refractivity contribution in [3.8, 4) is 5.88 Å². The predicted molar refractivity (Wildman–Crippen MR) is 76.6 cm³/mol. The first-order chi connectivity index (χ1) is 9.63. The number of pyridine rings is 1. The maximum atomic E-state index is 11.8. The zero-order valence-corrected chi connectivity index (χ0v) is 12.3. The SMILES string of the molecule is C=C(OCCCC)c1cnc(OC)c(C(=O)OCC)c1. The fourth-order valence-electron chi connectivity index (χ4n) is 1.55. The molecule has 1 aromatic rings. The van der Waals surface area contributed by atoms with Gasteiger partial charge in [-0.15, -0.1) is 0 Å². The van der Waals surface area contributed by atoms with Crippen LogP contribution in [0.3, 0.4) is 0 Å². The minimum Gasteiger partial charge on any atom is -0.494 e. The van der Waals surface area contributed by atoms with Crippen LogP contribution >= 0.6 is 0 Å². The third-order valence-corrected chi connectivity index (χ3v) is 2.64. The molecule has 0 aliphatic rings. The summed E-state index contributed by atoms with van der Waals surface area (Å²) in [6.45, 7) is 8.56. The monoisotopic (exact) mass is 279 g/mol. The standard InChI is InChI=1S/C15H21NO4/c1-5-7-8-20-11(3)12-9-13(15(17)19-6-2)14(18-4)16-10-12/h9-10H,3,5-8H2,1-2,4H3. The van der Waals surface area contributed by atoms with E-state index in [0.29, 0.717) is 24.5 Å². The molecule has 5 nitrogen and oxygen atoms in total. The molecule has 0 bridgehead atoms. The van der Waals surface area contributed by atoms with Crippen molar-refractivity contribution in [1.82, 2.24) is 4.98 Å². The summed E-state index contributed by atoms with van der Waals surface area (Å²) < 4.78 is 15.5. The Labute approximate surface area is 119 Å². The number of hydrogen-bond acceptors (Lipinski definition) is 5. The number of carbonyl (C=O) groups is 1. The molecule has 1 heterocycles. The molecule has 0 spiro atoms. The van der Waals surface area contributed by atoms with Gasteiger partial charge in [0.15, 0.2) is 0 Å². The molecule has 110 valence electrons. The highest BCUT2D eigenvalue weighted by Crippen LogP contribution is 2.22. The molecule has 0 amide bonds. The van der Waals surface area contributed by atoms with E-state index in [1.807, 2.05) is 0 Å². The minimum atomic E-state index is -0.472. The Hall–Kier alpha value is -2.04. The molecule has 1 aromatic heterocycles. The van der Waals surface area contributed by atoms with E-state index in [2.05, 4.69) is 18.5 Å². The van der Waals surface area contributed by atoms with E-state index in [0.717, 1.165) is 12.8 Å². The lowest BCUT2D eigenvalue weighted by Crippen LogP contribution is -2.09. The summed E-state index contributed by atoms with van der Waals surface area (Å²) in [4.78, 5) is 15.9. The van der Waals surface area contributed by atoms with E-state index in [9.17, 15) is 4.79 Å². The maximum Gasteiger partial charge on any atom is 0.343 e. The van der Waals surface area contributed by atoms with Crippen LogP contribution < -0.4 is 4.74 Å². The molecule has 0 aliphatic heterocycles. The molecule has 5 heteroatoms. The summed E-state index contributed by atoms with van der Waals surface area (Å²) in [7, 11) is 1.46. The molecular weight excluding hydrogens is 258 g/mol. The van der Waals surface area contributed by atoms with Gasteiger partial charge in [0.2, 0.25) is 5.88 Å². The zero-order valence-electron chi connectivity index (χ0n) is 12.3. The van der Waals surface area contributed by atoms with Gasteiger partial charge >= 0.3 is 5.97 Å². The molecule has 0 radical (unpaired) electrons. The van der Waals surface area contributed by atoms with E-state index in [-0.39, 0.29) is 11.4 Å². The van der Waals surface area contributed by atoms with E-state index in [1.165, 1.54) is 7.11 Å². The van der Waals surface area contributed by atoms with Crippen molar-refractivity contribution in [1.29, 1.82) is 0 Å². The van der Waals surface area contributed by atoms with Gasteiger partial charge in [0.05, 0.1) is 20.3 Å². The first-order valence-electron chi connectivity index (χ1n) is 6.67. The van der Waals surface area contributed by atoms with Gasteiger partial charge < -0.3 is 14.2 Å². The Balaban J connectivity index is 2.91. The van der Waals surface area contributed by atoms with Gasteiger partial charge in [-0.2, -0.15) is 0 Å². The van der Waals surface area contributed by atoms with Crippen LogP contribution in [-0.4, -0.2) is 31.3 Å². The maximum absolute atomic E-state index is 11.8. The summed E-state index contributed by atoms with van der Waals surface area (Å²) in [5, 5.41) is 0. The Morgan fingerprint density at radius 2 is 2.10 bits per heavy atom. The number of carbonyl (C=O) groups excluding carboxylic acids is 1. The lowest BCUT2D eigenvalue weighted by molar-refractivity contribution is 0.0521. The molecule has 0 aliphatic carbocycles. The number of rotatable bonds is 8. The van der Waals surface area contributed by atoms with Crippen LogP contribution in [0, 0.1) is 0 Å². The van der Waals surface area contributed by atoms with Crippen LogP contribution in [-0.2, 0) is 9.47 Å². The summed E-state index contributed by atoms with van der Waals surface area (Å²) in [6, 6.07) is 1.62. The molecule has 1 rings (SSSR count). The van der Waals surface area contributed by atoms with Crippen molar-refractivity contribution in [2.45, 2.75) is 26.7 Å². The molecule has 0 saturated heterocycles.